The quantitative estimate of drug-likeness (QED) is 0.500. The van der Waals surface area contributed by atoms with Crippen LogP contribution in [0, 0.1) is 6.92 Å². The summed E-state index contributed by atoms with van der Waals surface area (Å²) in [6.45, 7) is 1.78. The topological polar surface area (TPSA) is 113 Å². The molecule has 0 aliphatic rings. The van der Waals surface area contributed by atoms with Gasteiger partial charge in [0.05, 0.1) is 16.0 Å². The van der Waals surface area contributed by atoms with Crippen LogP contribution in [0.1, 0.15) is 5.56 Å². The monoisotopic (exact) mass is 433 g/mol. The Morgan fingerprint density at radius 1 is 0.710 bits per heavy atom. The third-order valence-electron chi connectivity index (χ3n) is 4.66. The summed E-state index contributed by atoms with van der Waals surface area (Å²) in [5.41, 5.74) is 1.99. The fraction of sp³-hybridized carbons (Fsp3) is 0.0870. The normalized spacial score (nSPS) is 11.4. The Morgan fingerprint density at radius 3 is 1.68 bits per heavy atom. The second-order valence-corrected chi connectivity index (χ2v) is 9.16. The molecule has 0 aliphatic heterocycles. The van der Waals surface area contributed by atoms with Gasteiger partial charge in [-0.3, -0.25) is 0 Å². The number of aromatic nitrogens is 3. The van der Waals surface area contributed by atoms with E-state index in [4.69, 9.17) is 0 Å². The molecule has 0 unspecified atom stereocenters. The summed E-state index contributed by atoms with van der Waals surface area (Å²) >= 11 is 0. The molecule has 7 nitrogen and oxygen atoms in total. The van der Waals surface area contributed by atoms with E-state index in [2.05, 4.69) is 15.0 Å². The number of sulfone groups is 1. The zero-order valence-corrected chi connectivity index (χ0v) is 17.6. The van der Waals surface area contributed by atoms with Crippen LogP contribution in [0.25, 0.3) is 34.2 Å². The Kier molecular flexibility index (Phi) is 5.16. The SMILES string of the molecule is Cc1cc(-c2nc(-c3ccccc3O)nc(-c3ccccc3O)n2)cc(S(C)(=O)=O)c1. The molecule has 4 aromatic rings. The molecule has 0 atom stereocenters. The molecule has 2 N–H and O–H groups in total. The highest BCUT2D eigenvalue weighted by Gasteiger charge is 2.17. The lowest BCUT2D eigenvalue weighted by atomic mass is 10.1. The Hall–Kier alpha value is -3.78. The van der Waals surface area contributed by atoms with E-state index in [1.54, 1.807) is 55.5 Å². The average Bonchev–Trinajstić information content (AvgIpc) is 2.73. The van der Waals surface area contributed by atoms with Gasteiger partial charge in [-0.25, -0.2) is 23.4 Å². The first-order valence-corrected chi connectivity index (χ1v) is 11.3. The summed E-state index contributed by atoms with van der Waals surface area (Å²) in [5.74, 6) is 0.598. The van der Waals surface area contributed by atoms with Gasteiger partial charge in [0, 0.05) is 11.8 Å². The third kappa shape index (κ3) is 4.24. The predicted octanol–water partition coefficient (Wildman–Crippen LogP) is 4.00. The lowest BCUT2D eigenvalue weighted by Crippen LogP contribution is -2.02. The summed E-state index contributed by atoms with van der Waals surface area (Å²) in [6, 6.07) is 18.1. The minimum absolute atomic E-state index is 0.0102. The number of rotatable bonds is 4. The summed E-state index contributed by atoms with van der Waals surface area (Å²) in [4.78, 5) is 13.6. The molecule has 0 fully saturated rings. The van der Waals surface area contributed by atoms with Gasteiger partial charge in [0.2, 0.25) is 0 Å². The van der Waals surface area contributed by atoms with Crippen LogP contribution in [-0.4, -0.2) is 39.8 Å². The van der Waals surface area contributed by atoms with Crippen molar-refractivity contribution in [2.45, 2.75) is 11.8 Å². The Bertz CT molecular complexity index is 1340. The van der Waals surface area contributed by atoms with Crippen LogP contribution in [0.4, 0.5) is 0 Å². The maximum absolute atomic E-state index is 12.1. The van der Waals surface area contributed by atoms with E-state index in [9.17, 15) is 18.6 Å². The molecule has 0 aliphatic carbocycles. The standard InChI is InChI=1S/C23H19N3O4S/c1-14-11-15(13-16(12-14)31(2,29)30)21-24-22(17-7-3-5-9-19(17)27)26-23(25-21)18-8-4-6-10-20(18)28/h3-13,27-28H,1-2H3. The molecule has 31 heavy (non-hydrogen) atoms. The van der Waals surface area contributed by atoms with Crippen molar-refractivity contribution in [3.05, 3.63) is 72.3 Å². The number of para-hydroxylation sites is 2. The molecule has 0 saturated heterocycles. The van der Waals surface area contributed by atoms with Gasteiger partial charge in [-0.2, -0.15) is 0 Å². The largest absolute Gasteiger partial charge is 0.507 e. The molecule has 156 valence electrons. The van der Waals surface area contributed by atoms with E-state index in [-0.39, 0.29) is 33.9 Å². The van der Waals surface area contributed by atoms with Crippen LogP contribution in [-0.2, 0) is 9.84 Å². The number of nitrogens with zero attached hydrogens (tertiary/aromatic N) is 3. The molecule has 3 aromatic carbocycles. The Labute approximate surface area is 179 Å². The first kappa shape index (κ1) is 20.5. The molecule has 8 heteroatoms. The Morgan fingerprint density at radius 2 is 1.19 bits per heavy atom. The number of aromatic hydroxyl groups is 2. The van der Waals surface area contributed by atoms with Crippen molar-refractivity contribution < 1.29 is 18.6 Å². The first-order valence-electron chi connectivity index (χ1n) is 9.37. The number of phenolic OH excluding ortho intramolecular Hbond substituents is 2. The van der Waals surface area contributed by atoms with E-state index in [1.165, 1.54) is 18.2 Å². The second kappa shape index (κ2) is 7.81. The minimum atomic E-state index is -3.45. The van der Waals surface area contributed by atoms with Gasteiger partial charge in [0.15, 0.2) is 27.3 Å². The molecular formula is C23H19N3O4S. The van der Waals surface area contributed by atoms with E-state index < -0.39 is 9.84 Å². The number of aryl methyl sites for hydroxylation is 1. The van der Waals surface area contributed by atoms with Gasteiger partial charge < -0.3 is 10.2 Å². The van der Waals surface area contributed by atoms with Crippen LogP contribution in [0.3, 0.4) is 0 Å². The van der Waals surface area contributed by atoms with Gasteiger partial charge >= 0.3 is 0 Å². The van der Waals surface area contributed by atoms with Gasteiger partial charge in [-0.05, 0) is 55.0 Å². The lowest BCUT2D eigenvalue weighted by molar-refractivity contribution is 0.477. The molecule has 0 spiro atoms. The molecular weight excluding hydrogens is 414 g/mol. The molecule has 0 radical (unpaired) electrons. The summed E-state index contributed by atoms with van der Waals surface area (Å²) in [6.07, 6.45) is 1.14. The van der Waals surface area contributed by atoms with Gasteiger partial charge in [0.25, 0.3) is 0 Å². The van der Waals surface area contributed by atoms with E-state index in [0.29, 0.717) is 16.7 Å². The second-order valence-electron chi connectivity index (χ2n) is 7.15. The predicted molar refractivity (Wildman–Crippen MR) is 117 cm³/mol. The molecule has 1 heterocycles. The van der Waals surface area contributed by atoms with Crippen molar-refractivity contribution >= 4 is 9.84 Å². The smallest absolute Gasteiger partial charge is 0.175 e. The van der Waals surface area contributed by atoms with Crippen molar-refractivity contribution in [1.82, 2.24) is 15.0 Å². The molecule has 0 amide bonds. The van der Waals surface area contributed by atoms with Gasteiger partial charge in [0.1, 0.15) is 11.5 Å². The summed E-state index contributed by atoms with van der Waals surface area (Å²) in [5, 5.41) is 20.6. The van der Waals surface area contributed by atoms with Crippen LogP contribution in [0.5, 0.6) is 11.5 Å². The van der Waals surface area contributed by atoms with E-state index >= 15 is 0 Å². The zero-order chi connectivity index (χ0) is 22.2. The molecule has 0 bridgehead atoms. The van der Waals surface area contributed by atoms with Crippen molar-refractivity contribution in [3.8, 4) is 45.7 Å². The molecule has 1 aromatic heterocycles. The highest BCUT2D eigenvalue weighted by Crippen LogP contribution is 2.32. The fourth-order valence-electron chi connectivity index (χ4n) is 3.16. The van der Waals surface area contributed by atoms with Crippen molar-refractivity contribution in [2.75, 3.05) is 6.26 Å². The van der Waals surface area contributed by atoms with E-state index in [1.807, 2.05) is 0 Å². The van der Waals surface area contributed by atoms with Gasteiger partial charge in [-0.15, -0.1) is 0 Å². The van der Waals surface area contributed by atoms with Crippen LogP contribution in [0.15, 0.2) is 71.6 Å². The number of phenols is 2. The van der Waals surface area contributed by atoms with Crippen molar-refractivity contribution in [3.63, 3.8) is 0 Å². The number of benzene rings is 3. The van der Waals surface area contributed by atoms with Crippen molar-refractivity contribution in [1.29, 1.82) is 0 Å². The highest BCUT2D eigenvalue weighted by atomic mass is 32.2. The fourth-order valence-corrected chi connectivity index (χ4v) is 3.90. The van der Waals surface area contributed by atoms with Crippen LogP contribution in [0.2, 0.25) is 0 Å². The summed E-state index contributed by atoms with van der Waals surface area (Å²) < 4.78 is 24.2. The van der Waals surface area contributed by atoms with Crippen molar-refractivity contribution in [2.24, 2.45) is 0 Å². The van der Waals surface area contributed by atoms with Gasteiger partial charge in [-0.1, -0.05) is 24.3 Å². The molecule has 4 rings (SSSR count). The number of hydrogen-bond donors (Lipinski definition) is 2. The molecule has 0 saturated carbocycles. The summed E-state index contributed by atoms with van der Waals surface area (Å²) in [7, 11) is -3.45. The van der Waals surface area contributed by atoms with E-state index in [0.717, 1.165) is 11.8 Å². The van der Waals surface area contributed by atoms with Crippen LogP contribution < -0.4 is 0 Å². The zero-order valence-electron chi connectivity index (χ0n) is 16.8. The lowest BCUT2D eigenvalue weighted by Gasteiger charge is -2.11. The maximum atomic E-state index is 12.1. The first-order chi connectivity index (χ1) is 14.7. The third-order valence-corrected chi connectivity index (χ3v) is 5.75. The highest BCUT2D eigenvalue weighted by molar-refractivity contribution is 7.90. The number of hydrogen-bond acceptors (Lipinski definition) is 7. The maximum Gasteiger partial charge on any atom is 0.175 e. The average molecular weight is 433 g/mol. The van der Waals surface area contributed by atoms with Crippen LogP contribution >= 0.6 is 0 Å². The minimum Gasteiger partial charge on any atom is -0.507 e. The Balaban J connectivity index is 2.00.